The molecule has 0 aromatic rings. The third-order valence-corrected chi connectivity index (χ3v) is 9.20. The fraction of sp³-hybridized carbons (Fsp3) is 0.750. The molecular weight excluding hydrogens is 415 g/mol. The maximum atomic E-state index is 2.69. The van der Waals surface area contributed by atoms with E-state index in [-0.39, 0.29) is 0 Å². The van der Waals surface area contributed by atoms with Crippen LogP contribution in [0.15, 0.2) is 32.5 Å². The van der Waals surface area contributed by atoms with Gasteiger partial charge in [0.2, 0.25) is 0 Å². The highest BCUT2D eigenvalue weighted by Crippen LogP contribution is 2.52. The van der Waals surface area contributed by atoms with Crippen LogP contribution in [0.3, 0.4) is 0 Å². The summed E-state index contributed by atoms with van der Waals surface area (Å²) in [5.74, 6) is 4.80. The van der Waals surface area contributed by atoms with Crippen molar-refractivity contribution in [2.75, 3.05) is 0 Å². The lowest BCUT2D eigenvalue weighted by molar-refractivity contribution is 0.183. The summed E-state index contributed by atoms with van der Waals surface area (Å²) in [7, 11) is 0. The highest BCUT2D eigenvalue weighted by molar-refractivity contribution is 14.1. The van der Waals surface area contributed by atoms with Crippen molar-refractivity contribution in [2.45, 2.75) is 83.5 Å². The van der Waals surface area contributed by atoms with Crippen LogP contribution in [-0.2, 0) is 0 Å². The van der Waals surface area contributed by atoms with E-state index < -0.39 is 0 Å². The molecule has 1 heteroatoms. The van der Waals surface area contributed by atoms with Gasteiger partial charge in [-0.15, -0.1) is 0 Å². The Balaban J connectivity index is 1.28. The number of hydrogen-bond donors (Lipinski definition) is 0. The van der Waals surface area contributed by atoms with Gasteiger partial charge in [-0.25, -0.2) is 0 Å². The molecular formula is C24H33I. The van der Waals surface area contributed by atoms with Crippen molar-refractivity contribution in [3.8, 4) is 0 Å². The molecule has 0 amide bonds. The van der Waals surface area contributed by atoms with E-state index in [1.54, 1.807) is 3.58 Å². The van der Waals surface area contributed by atoms with E-state index in [1.165, 1.54) is 83.5 Å². The van der Waals surface area contributed by atoms with E-state index in [2.05, 4.69) is 34.7 Å². The molecule has 25 heavy (non-hydrogen) atoms. The zero-order valence-corrected chi connectivity index (χ0v) is 17.8. The van der Waals surface area contributed by atoms with Gasteiger partial charge < -0.3 is 0 Å². The molecule has 0 nitrogen and oxygen atoms in total. The lowest BCUT2D eigenvalue weighted by Gasteiger charge is -2.45. The van der Waals surface area contributed by atoms with Crippen LogP contribution in [0.1, 0.15) is 83.5 Å². The minimum absolute atomic E-state index is 0.866. The fourth-order valence-electron chi connectivity index (χ4n) is 6.97. The number of allylic oxidation sites excluding steroid dienone is 6. The van der Waals surface area contributed by atoms with Crippen molar-refractivity contribution in [1.82, 2.24) is 0 Å². The summed E-state index contributed by atoms with van der Waals surface area (Å²) in [6, 6.07) is 0. The van der Waals surface area contributed by atoms with Crippen molar-refractivity contribution in [3.05, 3.63) is 32.5 Å². The topological polar surface area (TPSA) is 0 Å². The molecule has 0 aliphatic heterocycles. The van der Waals surface area contributed by atoms with Gasteiger partial charge in [0.15, 0.2) is 0 Å². The van der Waals surface area contributed by atoms with Crippen LogP contribution in [0.2, 0.25) is 0 Å². The van der Waals surface area contributed by atoms with Crippen LogP contribution in [0.4, 0.5) is 0 Å². The molecule has 1 fully saturated rings. The summed E-state index contributed by atoms with van der Waals surface area (Å²) in [6.45, 7) is 0. The van der Waals surface area contributed by atoms with Crippen molar-refractivity contribution >= 4 is 22.6 Å². The van der Waals surface area contributed by atoms with Crippen LogP contribution in [0.25, 0.3) is 0 Å². The quantitative estimate of drug-likeness (QED) is 0.284. The monoisotopic (exact) mass is 448 g/mol. The molecule has 5 rings (SSSR count). The summed E-state index contributed by atoms with van der Waals surface area (Å²) in [6.07, 6.45) is 24.2. The molecule has 0 heterocycles. The second-order valence-corrected chi connectivity index (χ2v) is 10.9. The van der Waals surface area contributed by atoms with Crippen LogP contribution >= 0.6 is 22.6 Å². The maximum Gasteiger partial charge on any atom is -0.0131 e. The first-order chi connectivity index (χ1) is 12.3. The molecule has 5 aliphatic carbocycles. The second kappa shape index (κ2) is 7.17. The third kappa shape index (κ3) is 3.32. The molecule has 0 N–H and O–H groups in total. The Labute approximate surface area is 167 Å². The minimum Gasteiger partial charge on any atom is -0.0844 e. The molecule has 136 valence electrons. The van der Waals surface area contributed by atoms with Gasteiger partial charge in [-0.3, -0.25) is 0 Å². The zero-order valence-electron chi connectivity index (χ0n) is 15.6. The largest absolute Gasteiger partial charge is 0.0844 e. The fourth-order valence-corrected chi connectivity index (χ4v) is 7.75. The van der Waals surface area contributed by atoms with Gasteiger partial charge in [-0.2, -0.15) is 0 Å². The summed E-state index contributed by atoms with van der Waals surface area (Å²) >= 11 is 2.57. The van der Waals surface area contributed by atoms with Gasteiger partial charge in [0.25, 0.3) is 0 Å². The molecule has 0 spiro atoms. The Kier molecular flexibility index (Phi) is 4.90. The van der Waals surface area contributed by atoms with Crippen LogP contribution in [0.5, 0.6) is 0 Å². The Morgan fingerprint density at radius 1 is 0.880 bits per heavy atom. The first-order valence-electron chi connectivity index (χ1n) is 11.0. The summed E-state index contributed by atoms with van der Waals surface area (Å²) in [5, 5.41) is 0. The van der Waals surface area contributed by atoms with Gasteiger partial charge in [-0.1, -0.05) is 28.9 Å². The standard InChI is InChI=1S/C24H33I/c25-22-11-9-18-13-17(6-7-20(18)15-22)19-10-12-24-21(14-19)8-5-16-3-1-2-4-23(16)24/h6,15,18-21,24H,1-5,7-14H2. The lowest BCUT2D eigenvalue weighted by Crippen LogP contribution is -2.33. The number of halogens is 1. The Bertz CT molecular complexity index is 622. The van der Waals surface area contributed by atoms with Gasteiger partial charge in [0.05, 0.1) is 0 Å². The van der Waals surface area contributed by atoms with Crippen molar-refractivity contribution < 1.29 is 0 Å². The molecule has 0 aromatic heterocycles. The molecule has 0 saturated heterocycles. The molecule has 0 radical (unpaired) electrons. The second-order valence-electron chi connectivity index (χ2n) is 9.55. The minimum atomic E-state index is 0.866. The average molecular weight is 448 g/mol. The van der Waals surface area contributed by atoms with Crippen molar-refractivity contribution in [2.24, 2.45) is 29.6 Å². The Morgan fingerprint density at radius 2 is 1.76 bits per heavy atom. The summed E-state index contributed by atoms with van der Waals surface area (Å²) < 4.78 is 1.62. The van der Waals surface area contributed by atoms with E-state index in [1.807, 2.05) is 16.7 Å². The first kappa shape index (κ1) is 17.1. The SMILES string of the molecule is IC1=CC2CC=C(C3CCC4C5=C(CCCC5)CCC4C3)CC2CC1. The van der Waals surface area contributed by atoms with Gasteiger partial charge in [-0.05, 0) is 139 Å². The molecule has 5 aliphatic rings. The highest BCUT2D eigenvalue weighted by atomic mass is 127. The molecule has 5 atom stereocenters. The van der Waals surface area contributed by atoms with E-state index in [9.17, 15) is 0 Å². The summed E-state index contributed by atoms with van der Waals surface area (Å²) in [5.41, 5.74) is 5.76. The van der Waals surface area contributed by atoms with Crippen LogP contribution < -0.4 is 0 Å². The maximum absolute atomic E-state index is 2.69. The molecule has 1 saturated carbocycles. The molecule has 0 aromatic carbocycles. The van der Waals surface area contributed by atoms with E-state index in [0.717, 1.165) is 29.6 Å². The van der Waals surface area contributed by atoms with Crippen LogP contribution in [0, 0.1) is 29.6 Å². The first-order valence-corrected chi connectivity index (χ1v) is 12.1. The van der Waals surface area contributed by atoms with Gasteiger partial charge in [0.1, 0.15) is 0 Å². The highest BCUT2D eigenvalue weighted by Gasteiger charge is 2.39. The average Bonchev–Trinajstić information content (AvgIpc) is 2.67. The van der Waals surface area contributed by atoms with E-state index in [0.29, 0.717) is 0 Å². The van der Waals surface area contributed by atoms with E-state index >= 15 is 0 Å². The number of hydrogen-bond acceptors (Lipinski definition) is 0. The lowest BCUT2D eigenvalue weighted by atomic mass is 9.60. The Hall–Kier alpha value is -0.0500. The summed E-state index contributed by atoms with van der Waals surface area (Å²) in [4.78, 5) is 0. The normalized spacial score (nSPS) is 41.2. The molecule has 0 bridgehead atoms. The predicted octanol–water partition coefficient (Wildman–Crippen LogP) is 7.75. The van der Waals surface area contributed by atoms with Crippen molar-refractivity contribution in [3.63, 3.8) is 0 Å². The number of fused-ring (bicyclic) bond motifs is 3. The van der Waals surface area contributed by atoms with Crippen LogP contribution in [-0.4, -0.2) is 0 Å². The Morgan fingerprint density at radius 3 is 2.72 bits per heavy atom. The van der Waals surface area contributed by atoms with Gasteiger partial charge in [0, 0.05) is 0 Å². The molecule has 5 unspecified atom stereocenters. The third-order valence-electron chi connectivity index (χ3n) is 8.30. The van der Waals surface area contributed by atoms with Gasteiger partial charge >= 0.3 is 0 Å². The number of rotatable bonds is 1. The smallest absolute Gasteiger partial charge is 0.0131 e. The predicted molar refractivity (Wildman–Crippen MR) is 115 cm³/mol. The van der Waals surface area contributed by atoms with Crippen molar-refractivity contribution in [1.29, 1.82) is 0 Å². The zero-order chi connectivity index (χ0) is 16.8. The van der Waals surface area contributed by atoms with E-state index in [4.69, 9.17) is 0 Å².